The summed E-state index contributed by atoms with van der Waals surface area (Å²) < 4.78 is 39.6. The van der Waals surface area contributed by atoms with Crippen LogP contribution in [-0.2, 0) is 12.6 Å². The van der Waals surface area contributed by atoms with Gasteiger partial charge in [0, 0.05) is 8.95 Å². The normalized spacial score (nSPS) is 13.2. The molecule has 21 heavy (non-hydrogen) atoms. The summed E-state index contributed by atoms with van der Waals surface area (Å²) in [6.07, 6.45) is -3.93. The Hall–Kier alpha value is -0.520. The van der Waals surface area contributed by atoms with Gasteiger partial charge in [-0.25, -0.2) is 0 Å². The Morgan fingerprint density at radius 2 is 1.62 bits per heavy atom. The molecule has 2 aromatic rings. The lowest BCUT2D eigenvalue weighted by molar-refractivity contribution is -0.138. The van der Waals surface area contributed by atoms with Gasteiger partial charge in [0.05, 0.1) is 10.9 Å². The number of rotatable bonds is 3. The standard InChI is InChI=1S/C15H10Br2ClF3/c16-11-4-1-9(2-5-11)7-14(18)10-3-6-13(17)12(8-10)15(19,20)21/h1-6,8,14H,7H2. The fourth-order valence-corrected chi connectivity index (χ4v) is 2.95. The van der Waals surface area contributed by atoms with Gasteiger partial charge in [0.25, 0.3) is 0 Å². The average Bonchev–Trinajstić information content (AvgIpc) is 2.40. The molecule has 0 amide bonds. The highest BCUT2D eigenvalue weighted by atomic mass is 79.9. The van der Waals surface area contributed by atoms with Gasteiger partial charge >= 0.3 is 6.18 Å². The zero-order chi connectivity index (χ0) is 15.6. The molecule has 0 bridgehead atoms. The molecule has 2 rings (SSSR count). The fraction of sp³-hybridized carbons (Fsp3) is 0.200. The molecule has 0 fully saturated rings. The van der Waals surface area contributed by atoms with E-state index in [1.165, 1.54) is 6.07 Å². The molecule has 2 aromatic carbocycles. The van der Waals surface area contributed by atoms with Gasteiger partial charge in [-0.2, -0.15) is 13.2 Å². The van der Waals surface area contributed by atoms with Crippen LogP contribution in [0.25, 0.3) is 0 Å². The van der Waals surface area contributed by atoms with Crippen molar-refractivity contribution in [2.45, 2.75) is 18.0 Å². The third-order valence-corrected chi connectivity index (χ3v) is 4.61. The molecular weight excluding hydrogens is 432 g/mol. The van der Waals surface area contributed by atoms with Crippen molar-refractivity contribution in [2.24, 2.45) is 0 Å². The lowest BCUT2D eigenvalue weighted by atomic mass is 10.0. The Kier molecular flexibility index (Phi) is 5.38. The van der Waals surface area contributed by atoms with E-state index in [4.69, 9.17) is 11.6 Å². The molecule has 1 atom stereocenters. The van der Waals surface area contributed by atoms with Gasteiger partial charge in [0.1, 0.15) is 0 Å². The molecule has 1 unspecified atom stereocenters. The first-order valence-electron chi connectivity index (χ1n) is 6.02. The Morgan fingerprint density at radius 3 is 2.19 bits per heavy atom. The van der Waals surface area contributed by atoms with Crippen molar-refractivity contribution in [3.05, 3.63) is 68.1 Å². The zero-order valence-electron chi connectivity index (χ0n) is 10.6. The number of hydrogen-bond donors (Lipinski definition) is 0. The van der Waals surface area contributed by atoms with Gasteiger partial charge in [0.2, 0.25) is 0 Å². The maximum atomic E-state index is 12.9. The largest absolute Gasteiger partial charge is 0.417 e. The molecule has 0 aliphatic rings. The summed E-state index contributed by atoms with van der Waals surface area (Å²) in [6.45, 7) is 0. The summed E-state index contributed by atoms with van der Waals surface area (Å²) in [6, 6.07) is 11.6. The molecule has 0 radical (unpaired) electrons. The minimum absolute atomic E-state index is 0.0197. The minimum Gasteiger partial charge on any atom is -0.166 e. The van der Waals surface area contributed by atoms with Crippen LogP contribution in [0.2, 0.25) is 0 Å². The maximum Gasteiger partial charge on any atom is 0.417 e. The Balaban J connectivity index is 2.23. The van der Waals surface area contributed by atoms with Gasteiger partial charge in [-0.1, -0.05) is 50.1 Å². The minimum atomic E-state index is -4.40. The van der Waals surface area contributed by atoms with Gasteiger partial charge in [-0.15, -0.1) is 11.6 Å². The van der Waals surface area contributed by atoms with Gasteiger partial charge in [0.15, 0.2) is 0 Å². The Bertz CT molecular complexity index is 624. The van der Waals surface area contributed by atoms with Crippen LogP contribution in [0.3, 0.4) is 0 Å². The van der Waals surface area contributed by atoms with Crippen molar-refractivity contribution in [3.8, 4) is 0 Å². The smallest absolute Gasteiger partial charge is 0.166 e. The fourth-order valence-electron chi connectivity index (χ4n) is 1.90. The molecule has 0 N–H and O–H groups in total. The summed E-state index contributed by atoms with van der Waals surface area (Å²) in [4.78, 5) is 0. The second kappa shape index (κ2) is 6.71. The first-order chi connectivity index (χ1) is 9.77. The van der Waals surface area contributed by atoms with Crippen LogP contribution in [0.5, 0.6) is 0 Å². The molecular formula is C15H10Br2ClF3. The summed E-state index contributed by atoms with van der Waals surface area (Å²) in [5.41, 5.74) is 0.714. The van der Waals surface area contributed by atoms with Crippen LogP contribution in [0, 0.1) is 0 Å². The molecule has 0 nitrogen and oxygen atoms in total. The van der Waals surface area contributed by atoms with E-state index in [0.29, 0.717) is 12.0 Å². The lowest BCUT2D eigenvalue weighted by Gasteiger charge is -2.14. The van der Waals surface area contributed by atoms with Crippen molar-refractivity contribution >= 4 is 43.5 Å². The number of benzene rings is 2. The number of halogens is 6. The molecule has 0 saturated carbocycles. The second-order valence-corrected chi connectivity index (χ2v) is 6.83. The second-order valence-electron chi connectivity index (χ2n) is 4.54. The van der Waals surface area contributed by atoms with Gasteiger partial charge in [-0.05, 0) is 41.8 Å². The van der Waals surface area contributed by atoms with Crippen LogP contribution < -0.4 is 0 Å². The molecule has 0 aliphatic heterocycles. The van der Waals surface area contributed by atoms with Crippen molar-refractivity contribution in [1.82, 2.24) is 0 Å². The van der Waals surface area contributed by atoms with E-state index in [9.17, 15) is 13.2 Å². The van der Waals surface area contributed by atoms with E-state index >= 15 is 0 Å². The Morgan fingerprint density at radius 1 is 1.00 bits per heavy atom. The summed E-state index contributed by atoms with van der Waals surface area (Å²) in [7, 11) is 0. The zero-order valence-corrected chi connectivity index (χ0v) is 14.5. The van der Waals surface area contributed by atoms with Crippen LogP contribution in [0.15, 0.2) is 51.4 Å². The third kappa shape index (κ3) is 4.47. The molecule has 0 aromatic heterocycles. The molecule has 0 heterocycles. The van der Waals surface area contributed by atoms with E-state index in [0.717, 1.165) is 16.1 Å². The highest BCUT2D eigenvalue weighted by molar-refractivity contribution is 9.10. The quantitative estimate of drug-likeness (QED) is 0.461. The van der Waals surface area contributed by atoms with Crippen molar-refractivity contribution in [1.29, 1.82) is 0 Å². The van der Waals surface area contributed by atoms with Crippen LogP contribution >= 0.6 is 43.5 Å². The highest BCUT2D eigenvalue weighted by Gasteiger charge is 2.33. The van der Waals surface area contributed by atoms with E-state index < -0.39 is 17.1 Å². The lowest BCUT2D eigenvalue weighted by Crippen LogP contribution is -2.07. The first kappa shape index (κ1) is 16.8. The van der Waals surface area contributed by atoms with Crippen LogP contribution in [-0.4, -0.2) is 0 Å². The van der Waals surface area contributed by atoms with Gasteiger partial charge in [-0.3, -0.25) is 0 Å². The SMILES string of the molecule is FC(F)(F)c1cc(C(Cl)Cc2ccc(Br)cc2)ccc1Br. The van der Waals surface area contributed by atoms with Crippen molar-refractivity contribution in [2.75, 3.05) is 0 Å². The summed E-state index contributed by atoms with van der Waals surface area (Å²) >= 11 is 12.5. The predicted molar refractivity (Wildman–Crippen MR) is 85.6 cm³/mol. The number of alkyl halides is 4. The van der Waals surface area contributed by atoms with Crippen LogP contribution in [0.4, 0.5) is 13.2 Å². The molecule has 0 aliphatic carbocycles. The van der Waals surface area contributed by atoms with Crippen molar-refractivity contribution < 1.29 is 13.2 Å². The van der Waals surface area contributed by atoms with E-state index in [2.05, 4.69) is 31.9 Å². The van der Waals surface area contributed by atoms with Crippen LogP contribution in [0.1, 0.15) is 22.1 Å². The molecule has 112 valence electrons. The summed E-state index contributed by atoms with van der Waals surface area (Å²) in [5, 5.41) is -0.514. The first-order valence-corrected chi connectivity index (χ1v) is 8.05. The number of hydrogen-bond acceptors (Lipinski definition) is 0. The predicted octanol–water partition coefficient (Wildman–Crippen LogP) is 6.75. The maximum absolute atomic E-state index is 12.9. The average molecular weight is 442 g/mol. The molecule has 6 heteroatoms. The highest BCUT2D eigenvalue weighted by Crippen LogP contribution is 2.37. The topological polar surface area (TPSA) is 0 Å². The van der Waals surface area contributed by atoms with Gasteiger partial charge < -0.3 is 0 Å². The molecule has 0 spiro atoms. The molecule has 0 saturated heterocycles. The van der Waals surface area contributed by atoms with E-state index in [-0.39, 0.29) is 4.47 Å². The van der Waals surface area contributed by atoms with E-state index in [1.807, 2.05) is 24.3 Å². The van der Waals surface area contributed by atoms with Crippen molar-refractivity contribution in [3.63, 3.8) is 0 Å². The van der Waals surface area contributed by atoms with E-state index in [1.54, 1.807) is 6.07 Å². The Labute approximate surface area is 142 Å². The summed E-state index contributed by atoms with van der Waals surface area (Å²) in [5.74, 6) is 0. The third-order valence-electron chi connectivity index (χ3n) is 2.99. The monoisotopic (exact) mass is 440 g/mol.